The van der Waals surface area contributed by atoms with Crippen molar-refractivity contribution in [3.8, 4) is 0 Å². The summed E-state index contributed by atoms with van der Waals surface area (Å²) in [5.41, 5.74) is 0. The summed E-state index contributed by atoms with van der Waals surface area (Å²) in [6, 6.07) is 9.03. The topological polar surface area (TPSA) is 12.0 Å². The van der Waals surface area contributed by atoms with E-state index in [-0.39, 0.29) is 0 Å². The van der Waals surface area contributed by atoms with Crippen molar-refractivity contribution in [2.24, 2.45) is 0 Å². The summed E-state index contributed by atoms with van der Waals surface area (Å²) < 4.78 is 1.14. The molecule has 0 bridgehead atoms. The number of nitrogens with one attached hydrogen (secondary N) is 1. The van der Waals surface area contributed by atoms with Crippen LogP contribution in [-0.4, -0.2) is 18.3 Å². The molecule has 0 saturated carbocycles. The quantitative estimate of drug-likeness (QED) is 0.651. The zero-order valence-corrected chi connectivity index (χ0v) is 11.0. The maximum absolute atomic E-state index is 3.42. The number of hydrogen-bond acceptors (Lipinski definition) is 2. The van der Waals surface area contributed by atoms with Crippen molar-refractivity contribution in [1.82, 2.24) is 5.32 Å². The molecule has 0 radical (unpaired) electrons. The van der Waals surface area contributed by atoms with Gasteiger partial charge in [0, 0.05) is 27.7 Å². The van der Waals surface area contributed by atoms with Gasteiger partial charge in [-0.05, 0) is 24.3 Å². The molecule has 3 heteroatoms. The van der Waals surface area contributed by atoms with Gasteiger partial charge in [-0.2, -0.15) is 0 Å². The lowest BCUT2D eigenvalue weighted by Crippen LogP contribution is -2.24. The third-order valence-electron chi connectivity index (χ3n) is 1.74. The number of benzene rings is 1. The highest BCUT2D eigenvalue weighted by molar-refractivity contribution is 9.10. The molecule has 0 spiro atoms. The van der Waals surface area contributed by atoms with Crippen molar-refractivity contribution in [1.29, 1.82) is 0 Å². The number of thioether (sulfide) groups is 1. The fourth-order valence-electron chi connectivity index (χ4n) is 1.05. The van der Waals surface area contributed by atoms with Crippen molar-refractivity contribution in [2.75, 3.05) is 12.3 Å². The Bertz CT molecular complexity index is 258. The molecule has 1 rings (SSSR count). The first-order valence-corrected chi connectivity index (χ1v) is 6.58. The molecular formula is C11H16BrNS. The van der Waals surface area contributed by atoms with Crippen LogP contribution in [0, 0.1) is 0 Å². The van der Waals surface area contributed by atoms with E-state index in [9.17, 15) is 0 Å². The van der Waals surface area contributed by atoms with Gasteiger partial charge in [-0.3, -0.25) is 0 Å². The molecule has 1 N–H and O–H groups in total. The van der Waals surface area contributed by atoms with Crippen LogP contribution in [0.15, 0.2) is 33.6 Å². The van der Waals surface area contributed by atoms with Crippen molar-refractivity contribution >= 4 is 27.7 Å². The Balaban J connectivity index is 2.21. The molecule has 0 atom stereocenters. The Kier molecular flexibility index (Phi) is 5.60. The van der Waals surface area contributed by atoms with Crippen LogP contribution in [0.3, 0.4) is 0 Å². The summed E-state index contributed by atoms with van der Waals surface area (Å²) >= 11 is 5.31. The Labute approximate surface area is 98.8 Å². The summed E-state index contributed by atoms with van der Waals surface area (Å²) in [5.74, 6) is 1.12. The molecule has 0 unspecified atom stereocenters. The highest BCUT2D eigenvalue weighted by Crippen LogP contribution is 2.19. The predicted molar refractivity (Wildman–Crippen MR) is 68.0 cm³/mol. The van der Waals surface area contributed by atoms with Gasteiger partial charge < -0.3 is 5.32 Å². The standard InChI is InChI=1S/C11H16BrNS/c1-9(2)13-7-8-14-11-5-3-10(12)4-6-11/h3-6,9,13H,7-8H2,1-2H3. The Morgan fingerprint density at radius 3 is 2.50 bits per heavy atom. The monoisotopic (exact) mass is 273 g/mol. The minimum atomic E-state index is 0.584. The molecule has 78 valence electrons. The van der Waals surface area contributed by atoms with Gasteiger partial charge >= 0.3 is 0 Å². The summed E-state index contributed by atoms with van der Waals surface area (Å²) in [6.07, 6.45) is 0. The smallest absolute Gasteiger partial charge is 0.0176 e. The average molecular weight is 274 g/mol. The van der Waals surface area contributed by atoms with Crippen LogP contribution < -0.4 is 5.32 Å². The third-order valence-corrected chi connectivity index (χ3v) is 3.28. The van der Waals surface area contributed by atoms with E-state index in [0.29, 0.717) is 6.04 Å². The molecule has 0 aliphatic carbocycles. The Morgan fingerprint density at radius 2 is 1.93 bits per heavy atom. The van der Waals surface area contributed by atoms with Gasteiger partial charge in [-0.25, -0.2) is 0 Å². The molecule has 1 nitrogen and oxygen atoms in total. The van der Waals surface area contributed by atoms with Crippen LogP contribution in [0.4, 0.5) is 0 Å². The predicted octanol–water partition coefficient (Wildman–Crippen LogP) is 3.54. The van der Waals surface area contributed by atoms with Gasteiger partial charge in [0.1, 0.15) is 0 Å². The van der Waals surface area contributed by atoms with E-state index in [2.05, 4.69) is 59.4 Å². The molecule has 0 amide bonds. The van der Waals surface area contributed by atoms with E-state index in [1.165, 1.54) is 4.90 Å². The first kappa shape index (κ1) is 12.1. The summed E-state index contributed by atoms with van der Waals surface area (Å²) in [5, 5.41) is 3.40. The van der Waals surface area contributed by atoms with Gasteiger partial charge in [0.05, 0.1) is 0 Å². The van der Waals surface area contributed by atoms with Crippen molar-refractivity contribution in [3.05, 3.63) is 28.7 Å². The first-order valence-electron chi connectivity index (χ1n) is 4.80. The SMILES string of the molecule is CC(C)NCCSc1ccc(Br)cc1. The highest BCUT2D eigenvalue weighted by atomic mass is 79.9. The van der Waals surface area contributed by atoms with E-state index in [1.54, 1.807) is 0 Å². The minimum absolute atomic E-state index is 0.584. The van der Waals surface area contributed by atoms with E-state index < -0.39 is 0 Å². The second-order valence-electron chi connectivity index (χ2n) is 3.41. The second kappa shape index (κ2) is 6.49. The number of halogens is 1. The molecule has 0 fully saturated rings. The normalized spacial score (nSPS) is 10.9. The molecule has 0 aliphatic heterocycles. The van der Waals surface area contributed by atoms with Gasteiger partial charge in [0.25, 0.3) is 0 Å². The zero-order chi connectivity index (χ0) is 10.4. The van der Waals surface area contributed by atoms with Gasteiger partial charge in [-0.15, -0.1) is 11.8 Å². The summed E-state index contributed by atoms with van der Waals surface area (Å²) in [7, 11) is 0. The molecule has 1 aromatic rings. The number of rotatable bonds is 5. The largest absolute Gasteiger partial charge is 0.314 e. The van der Waals surface area contributed by atoms with E-state index >= 15 is 0 Å². The molecule has 0 heterocycles. The Hall–Kier alpha value is 0.01000. The van der Waals surface area contributed by atoms with Crippen LogP contribution in [0.2, 0.25) is 0 Å². The van der Waals surface area contributed by atoms with Crippen LogP contribution in [0.1, 0.15) is 13.8 Å². The average Bonchev–Trinajstić information content (AvgIpc) is 2.15. The van der Waals surface area contributed by atoms with Gasteiger partial charge in [0.2, 0.25) is 0 Å². The van der Waals surface area contributed by atoms with E-state index in [0.717, 1.165) is 16.8 Å². The molecule has 1 aromatic carbocycles. The molecule has 0 saturated heterocycles. The maximum Gasteiger partial charge on any atom is 0.0176 e. The lowest BCUT2D eigenvalue weighted by atomic mass is 10.4. The Morgan fingerprint density at radius 1 is 1.29 bits per heavy atom. The second-order valence-corrected chi connectivity index (χ2v) is 5.50. The van der Waals surface area contributed by atoms with Crippen molar-refractivity contribution < 1.29 is 0 Å². The van der Waals surface area contributed by atoms with E-state index in [1.807, 2.05) is 11.8 Å². The first-order chi connectivity index (χ1) is 6.68. The summed E-state index contributed by atoms with van der Waals surface area (Å²) in [6.45, 7) is 5.41. The molecular weight excluding hydrogens is 258 g/mol. The molecule has 0 aromatic heterocycles. The zero-order valence-electron chi connectivity index (χ0n) is 8.59. The minimum Gasteiger partial charge on any atom is -0.314 e. The van der Waals surface area contributed by atoms with E-state index in [4.69, 9.17) is 0 Å². The molecule has 0 aliphatic rings. The molecule has 14 heavy (non-hydrogen) atoms. The lowest BCUT2D eigenvalue weighted by Gasteiger charge is -2.07. The van der Waals surface area contributed by atoms with Crippen LogP contribution >= 0.6 is 27.7 Å². The fraction of sp³-hybridized carbons (Fsp3) is 0.455. The number of hydrogen-bond donors (Lipinski definition) is 1. The van der Waals surface area contributed by atoms with Gasteiger partial charge in [0.15, 0.2) is 0 Å². The summed E-state index contributed by atoms with van der Waals surface area (Å²) in [4.78, 5) is 1.33. The van der Waals surface area contributed by atoms with Crippen molar-refractivity contribution in [3.63, 3.8) is 0 Å². The van der Waals surface area contributed by atoms with Crippen LogP contribution in [0.25, 0.3) is 0 Å². The van der Waals surface area contributed by atoms with Crippen LogP contribution in [0.5, 0.6) is 0 Å². The third kappa shape index (κ3) is 5.03. The van der Waals surface area contributed by atoms with Crippen LogP contribution in [-0.2, 0) is 0 Å². The lowest BCUT2D eigenvalue weighted by molar-refractivity contribution is 0.616. The fourth-order valence-corrected chi connectivity index (χ4v) is 2.10. The van der Waals surface area contributed by atoms with Crippen molar-refractivity contribution in [2.45, 2.75) is 24.8 Å². The van der Waals surface area contributed by atoms with Gasteiger partial charge in [-0.1, -0.05) is 29.8 Å². The maximum atomic E-state index is 3.42. The highest BCUT2D eigenvalue weighted by Gasteiger charge is 1.95.